The van der Waals surface area contributed by atoms with Crippen molar-refractivity contribution in [2.24, 2.45) is 0 Å². The van der Waals surface area contributed by atoms with Crippen LogP contribution in [0.1, 0.15) is 46.3 Å². The van der Waals surface area contributed by atoms with Gasteiger partial charge in [0.15, 0.2) is 0 Å². The van der Waals surface area contributed by atoms with Gasteiger partial charge in [0, 0.05) is 6.54 Å². The van der Waals surface area contributed by atoms with E-state index in [0.29, 0.717) is 12.2 Å². The van der Waals surface area contributed by atoms with E-state index in [9.17, 15) is 4.79 Å². The number of likely N-dealkylation sites (tertiary alicyclic amines) is 1. The smallest absolute Gasteiger partial charge is 0.338 e. The Balaban J connectivity index is 0.00000225. The van der Waals surface area contributed by atoms with Crippen LogP contribution in [0, 0.1) is 6.92 Å². The van der Waals surface area contributed by atoms with E-state index in [1.807, 2.05) is 31.2 Å². The number of nitrogens with zero attached hydrogens (tertiary/aromatic N) is 1. The lowest BCUT2D eigenvalue weighted by Gasteiger charge is -2.27. The van der Waals surface area contributed by atoms with Gasteiger partial charge in [-0.15, -0.1) is 12.4 Å². The summed E-state index contributed by atoms with van der Waals surface area (Å²) in [5.74, 6) is -0.258. The molecule has 0 atom stereocenters. The molecular formula is C21H26ClNO2. The van der Waals surface area contributed by atoms with Gasteiger partial charge in [-0.2, -0.15) is 0 Å². The van der Waals surface area contributed by atoms with Crippen LogP contribution in [-0.4, -0.2) is 24.0 Å². The molecule has 0 N–H and O–H groups in total. The second-order valence-electron chi connectivity index (χ2n) is 6.55. The van der Waals surface area contributed by atoms with Crippen LogP contribution in [0.2, 0.25) is 0 Å². The van der Waals surface area contributed by atoms with Crippen molar-refractivity contribution in [1.82, 2.24) is 4.90 Å². The van der Waals surface area contributed by atoms with Gasteiger partial charge >= 0.3 is 5.97 Å². The van der Waals surface area contributed by atoms with Crippen LogP contribution < -0.4 is 0 Å². The van der Waals surface area contributed by atoms with Gasteiger partial charge in [-0.25, -0.2) is 4.79 Å². The Bertz CT molecular complexity index is 696. The second-order valence-corrected chi connectivity index (χ2v) is 6.55. The van der Waals surface area contributed by atoms with Crippen LogP contribution in [-0.2, 0) is 17.9 Å². The van der Waals surface area contributed by atoms with Gasteiger partial charge in [0.05, 0.1) is 5.56 Å². The molecule has 4 heteroatoms. The summed E-state index contributed by atoms with van der Waals surface area (Å²) in [5.41, 5.74) is 4.04. The van der Waals surface area contributed by atoms with E-state index in [1.54, 1.807) is 6.07 Å². The van der Waals surface area contributed by atoms with Gasteiger partial charge in [-0.05, 0) is 56.1 Å². The lowest BCUT2D eigenvalue weighted by Crippen LogP contribution is -2.29. The molecule has 1 saturated heterocycles. The summed E-state index contributed by atoms with van der Waals surface area (Å²) < 4.78 is 5.54. The van der Waals surface area contributed by atoms with Crippen LogP contribution in [0.3, 0.4) is 0 Å². The molecule has 0 aromatic heterocycles. The average molecular weight is 360 g/mol. The first-order valence-electron chi connectivity index (χ1n) is 8.75. The predicted molar refractivity (Wildman–Crippen MR) is 103 cm³/mol. The minimum atomic E-state index is -0.258. The quantitative estimate of drug-likeness (QED) is 0.721. The molecule has 134 valence electrons. The van der Waals surface area contributed by atoms with Crippen LogP contribution in [0.15, 0.2) is 48.5 Å². The van der Waals surface area contributed by atoms with E-state index >= 15 is 0 Å². The summed E-state index contributed by atoms with van der Waals surface area (Å²) in [6, 6.07) is 15.8. The Labute approximate surface area is 156 Å². The number of esters is 1. The number of halogens is 1. The first-order valence-corrected chi connectivity index (χ1v) is 8.75. The topological polar surface area (TPSA) is 29.5 Å². The predicted octanol–water partition coefficient (Wildman–Crippen LogP) is 4.76. The first kappa shape index (κ1) is 19.5. The van der Waals surface area contributed by atoms with Gasteiger partial charge in [-0.3, -0.25) is 4.90 Å². The van der Waals surface area contributed by atoms with Crippen molar-refractivity contribution in [1.29, 1.82) is 0 Å². The summed E-state index contributed by atoms with van der Waals surface area (Å²) in [6.07, 6.45) is 3.90. The largest absolute Gasteiger partial charge is 0.457 e. The fourth-order valence-electron chi connectivity index (χ4n) is 3.21. The molecular weight excluding hydrogens is 334 g/mol. The maximum absolute atomic E-state index is 12.2. The van der Waals surface area contributed by atoms with Crippen LogP contribution in [0.5, 0.6) is 0 Å². The highest BCUT2D eigenvalue weighted by Crippen LogP contribution is 2.17. The molecule has 0 saturated carbocycles. The number of ether oxygens (including phenoxy) is 1. The maximum atomic E-state index is 12.2. The number of piperidine rings is 1. The summed E-state index contributed by atoms with van der Waals surface area (Å²) in [5, 5.41) is 0. The molecule has 2 aromatic carbocycles. The molecule has 1 heterocycles. The summed E-state index contributed by atoms with van der Waals surface area (Å²) in [4.78, 5) is 14.7. The lowest BCUT2D eigenvalue weighted by molar-refractivity contribution is 0.0470. The summed E-state index contributed by atoms with van der Waals surface area (Å²) in [7, 11) is 0. The molecule has 3 nitrogen and oxygen atoms in total. The van der Waals surface area contributed by atoms with Crippen molar-refractivity contribution in [3.05, 3.63) is 70.8 Å². The Morgan fingerprint density at radius 2 is 1.72 bits per heavy atom. The van der Waals surface area contributed by atoms with E-state index in [0.717, 1.165) is 30.8 Å². The zero-order chi connectivity index (χ0) is 16.8. The fourth-order valence-corrected chi connectivity index (χ4v) is 3.21. The molecule has 1 aliphatic rings. The number of aryl methyl sites for hydroxylation is 1. The SMILES string of the molecule is Cc1cccc(C(=O)OCc2ccccc2CN2CCCCC2)c1.Cl. The highest BCUT2D eigenvalue weighted by atomic mass is 35.5. The van der Waals surface area contributed by atoms with Crippen LogP contribution in [0.25, 0.3) is 0 Å². The third kappa shape index (κ3) is 5.58. The molecule has 0 radical (unpaired) electrons. The fraction of sp³-hybridized carbons (Fsp3) is 0.381. The van der Waals surface area contributed by atoms with Crippen molar-refractivity contribution >= 4 is 18.4 Å². The van der Waals surface area contributed by atoms with Crippen molar-refractivity contribution < 1.29 is 9.53 Å². The Hall–Kier alpha value is -1.84. The summed E-state index contributed by atoms with van der Waals surface area (Å²) >= 11 is 0. The van der Waals surface area contributed by atoms with E-state index in [2.05, 4.69) is 23.1 Å². The molecule has 3 rings (SSSR count). The third-order valence-electron chi connectivity index (χ3n) is 4.57. The van der Waals surface area contributed by atoms with Gasteiger partial charge < -0.3 is 4.74 Å². The standard InChI is InChI=1S/C21H25NO2.ClH/c1-17-8-7-11-18(14-17)21(23)24-16-20-10-4-3-9-19(20)15-22-12-5-2-6-13-22;/h3-4,7-11,14H,2,5-6,12-13,15-16H2,1H3;1H. The van der Waals surface area contributed by atoms with Crippen molar-refractivity contribution in [2.45, 2.75) is 39.3 Å². The van der Waals surface area contributed by atoms with Gasteiger partial charge in [0.2, 0.25) is 0 Å². The normalized spacial score (nSPS) is 14.6. The highest BCUT2D eigenvalue weighted by molar-refractivity contribution is 5.89. The van der Waals surface area contributed by atoms with Gasteiger partial charge in [0.25, 0.3) is 0 Å². The molecule has 0 bridgehead atoms. The molecule has 1 aliphatic heterocycles. The molecule has 0 spiro atoms. The lowest BCUT2D eigenvalue weighted by atomic mass is 10.1. The number of benzene rings is 2. The van der Waals surface area contributed by atoms with Gasteiger partial charge in [0.1, 0.15) is 6.61 Å². The van der Waals surface area contributed by atoms with E-state index in [-0.39, 0.29) is 18.4 Å². The molecule has 0 amide bonds. The average Bonchev–Trinajstić information content (AvgIpc) is 2.61. The minimum absolute atomic E-state index is 0. The number of carbonyl (C=O) groups is 1. The second kappa shape index (κ2) is 9.59. The molecule has 1 fully saturated rings. The van der Waals surface area contributed by atoms with Crippen molar-refractivity contribution in [3.8, 4) is 0 Å². The number of hydrogen-bond donors (Lipinski definition) is 0. The summed E-state index contributed by atoms with van der Waals surface area (Å²) in [6.45, 7) is 5.58. The molecule has 25 heavy (non-hydrogen) atoms. The highest BCUT2D eigenvalue weighted by Gasteiger charge is 2.13. The zero-order valence-corrected chi connectivity index (χ0v) is 15.6. The van der Waals surface area contributed by atoms with Crippen molar-refractivity contribution in [2.75, 3.05) is 13.1 Å². The number of hydrogen-bond acceptors (Lipinski definition) is 3. The number of rotatable bonds is 5. The Kier molecular flexibility index (Phi) is 7.48. The molecule has 0 unspecified atom stereocenters. The zero-order valence-electron chi connectivity index (χ0n) is 14.7. The monoisotopic (exact) mass is 359 g/mol. The molecule has 0 aliphatic carbocycles. The Morgan fingerprint density at radius 1 is 1.00 bits per heavy atom. The third-order valence-corrected chi connectivity index (χ3v) is 4.57. The Morgan fingerprint density at radius 3 is 2.44 bits per heavy atom. The van der Waals surface area contributed by atoms with E-state index in [1.165, 1.54) is 24.8 Å². The van der Waals surface area contributed by atoms with E-state index in [4.69, 9.17) is 4.74 Å². The maximum Gasteiger partial charge on any atom is 0.338 e. The van der Waals surface area contributed by atoms with Gasteiger partial charge in [-0.1, -0.05) is 48.4 Å². The van der Waals surface area contributed by atoms with Crippen LogP contribution in [0.4, 0.5) is 0 Å². The van der Waals surface area contributed by atoms with Crippen LogP contribution >= 0.6 is 12.4 Å². The number of carbonyl (C=O) groups excluding carboxylic acids is 1. The first-order chi connectivity index (χ1) is 11.7. The van der Waals surface area contributed by atoms with E-state index < -0.39 is 0 Å². The molecule has 2 aromatic rings. The minimum Gasteiger partial charge on any atom is -0.457 e. The van der Waals surface area contributed by atoms with Crippen molar-refractivity contribution in [3.63, 3.8) is 0 Å².